The number of rotatable bonds is 2. The Morgan fingerprint density at radius 3 is 2.45 bits per heavy atom. The maximum atomic E-state index is 10.9. The third-order valence-corrected chi connectivity index (χ3v) is 1.57. The number of nitrogens with one attached hydrogen (secondary N) is 2. The molecule has 0 aromatic rings. The molecule has 1 aliphatic rings. The van der Waals surface area contributed by atoms with Crippen LogP contribution in [0.25, 0.3) is 0 Å². The fraction of sp³-hybridized carbons (Fsp3) is 0.714. The van der Waals surface area contributed by atoms with Gasteiger partial charge in [0.15, 0.2) is 0 Å². The minimum Gasteiger partial charge on any atom is -0.326 e. The molecule has 4 nitrogen and oxygen atoms in total. The molecule has 0 aromatic carbocycles. The Bertz CT molecular complexity index is 189. The molecule has 0 saturated carbocycles. The van der Waals surface area contributed by atoms with Gasteiger partial charge >= 0.3 is 6.03 Å². The maximum Gasteiger partial charge on any atom is 0.322 e. The Labute approximate surface area is 65.3 Å². The van der Waals surface area contributed by atoms with Gasteiger partial charge in [-0.05, 0) is 12.3 Å². The fourth-order valence-corrected chi connectivity index (χ4v) is 1.10. The van der Waals surface area contributed by atoms with Gasteiger partial charge in [-0.3, -0.25) is 10.1 Å². The Morgan fingerprint density at radius 1 is 1.45 bits per heavy atom. The summed E-state index contributed by atoms with van der Waals surface area (Å²) in [4.78, 5) is 21.5. The average molecular weight is 156 g/mol. The van der Waals surface area contributed by atoms with Crippen molar-refractivity contribution in [3.05, 3.63) is 0 Å². The molecule has 0 aliphatic carbocycles. The van der Waals surface area contributed by atoms with E-state index in [2.05, 4.69) is 10.6 Å². The molecule has 0 aromatic heterocycles. The standard InChI is InChI=1S/C7H12N2O2/c1-4(2)3-5-6(10)9-7(11)8-5/h4-5H,3H2,1-2H3,(H2,8,9,10,11)/t5-/m1/s1. The summed E-state index contributed by atoms with van der Waals surface area (Å²) < 4.78 is 0. The Balaban J connectivity index is 2.47. The van der Waals surface area contributed by atoms with Crippen LogP contribution in [0.1, 0.15) is 20.3 Å². The summed E-state index contributed by atoms with van der Waals surface area (Å²) >= 11 is 0. The predicted octanol–water partition coefficient (Wildman–Crippen LogP) is 0.241. The Kier molecular flexibility index (Phi) is 2.12. The second-order valence-electron chi connectivity index (χ2n) is 3.14. The van der Waals surface area contributed by atoms with Gasteiger partial charge in [0.2, 0.25) is 0 Å². The highest BCUT2D eigenvalue weighted by atomic mass is 16.2. The van der Waals surface area contributed by atoms with Crippen LogP contribution in [0.4, 0.5) is 4.79 Å². The summed E-state index contributed by atoms with van der Waals surface area (Å²) in [6, 6.07) is -0.692. The van der Waals surface area contributed by atoms with Crippen molar-refractivity contribution in [2.45, 2.75) is 26.3 Å². The van der Waals surface area contributed by atoms with E-state index in [1.807, 2.05) is 13.8 Å². The molecule has 0 unspecified atom stereocenters. The van der Waals surface area contributed by atoms with Crippen LogP contribution in [0.15, 0.2) is 0 Å². The SMILES string of the molecule is CC(C)C[C@H]1NC(=O)NC1=O. The van der Waals surface area contributed by atoms with Crippen molar-refractivity contribution in [1.82, 2.24) is 10.6 Å². The second kappa shape index (κ2) is 2.90. The molecule has 1 atom stereocenters. The number of urea groups is 1. The lowest BCUT2D eigenvalue weighted by molar-refractivity contribution is -0.120. The average Bonchev–Trinajstić information content (AvgIpc) is 2.09. The van der Waals surface area contributed by atoms with E-state index < -0.39 is 0 Å². The number of carbonyl (C=O) groups excluding carboxylic acids is 2. The Morgan fingerprint density at radius 2 is 2.09 bits per heavy atom. The van der Waals surface area contributed by atoms with Crippen molar-refractivity contribution in [2.75, 3.05) is 0 Å². The molecular formula is C7H12N2O2. The van der Waals surface area contributed by atoms with Crippen molar-refractivity contribution in [1.29, 1.82) is 0 Å². The van der Waals surface area contributed by atoms with Gasteiger partial charge in [0.1, 0.15) is 6.04 Å². The first-order chi connectivity index (χ1) is 5.09. The number of amides is 3. The lowest BCUT2D eigenvalue weighted by atomic mass is 10.0. The predicted molar refractivity (Wildman–Crippen MR) is 39.9 cm³/mol. The highest BCUT2D eigenvalue weighted by Crippen LogP contribution is 2.07. The van der Waals surface area contributed by atoms with Crippen LogP contribution in [0.3, 0.4) is 0 Å². The Hall–Kier alpha value is -1.06. The largest absolute Gasteiger partial charge is 0.326 e. The molecule has 11 heavy (non-hydrogen) atoms. The van der Waals surface area contributed by atoms with E-state index in [4.69, 9.17) is 0 Å². The first-order valence-electron chi connectivity index (χ1n) is 3.71. The van der Waals surface area contributed by atoms with Gasteiger partial charge in [0.25, 0.3) is 5.91 Å². The molecule has 4 heteroatoms. The molecule has 0 bridgehead atoms. The monoisotopic (exact) mass is 156 g/mol. The smallest absolute Gasteiger partial charge is 0.322 e. The zero-order valence-corrected chi connectivity index (χ0v) is 6.68. The summed E-state index contributed by atoms with van der Waals surface area (Å²) in [7, 11) is 0. The summed E-state index contributed by atoms with van der Waals surface area (Å²) in [5.74, 6) is 0.216. The zero-order chi connectivity index (χ0) is 8.43. The van der Waals surface area contributed by atoms with Crippen molar-refractivity contribution < 1.29 is 9.59 Å². The van der Waals surface area contributed by atoms with Gasteiger partial charge in [0, 0.05) is 0 Å². The first kappa shape index (κ1) is 8.04. The molecule has 1 heterocycles. The number of hydrogen-bond donors (Lipinski definition) is 2. The minimum absolute atomic E-state index is 0.205. The van der Waals surface area contributed by atoms with Crippen LogP contribution in [0, 0.1) is 5.92 Å². The molecule has 1 saturated heterocycles. The number of hydrogen-bond acceptors (Lipinski definition) is 2. The summed E-state index contributed by atoms with van der Waals surface area (Å²) in [5.41, 5.74) is 0. The molecule has 0 radical (unpaired) electrons. The third kappa shape index (κ3) is 1.93. The topological polar surface area (TPSA) is 58.2 Å². The quantitative estimate of drug-likeness (QED) is 0.563. The van der Waals surface area contributed by atoms with Gasteiger partial charge in [-0.1, -0.05) is 13.8 Å². The maximum absolute atomic E-state index is 10.9. The van der Waals surface area contributed by atoms with E-state index in [9.17, 15) is 9.59 Å². The van der Waals surface area contributed by atoms with Gasteiger partial charge < -0.3 is 5.32 Å². The molecular weight excluding hydrogens is 144 g/mol. The van der Waals surface area contributed by atoms with Crippen LogP contribution in [0.5, 0.6) is 0 Å². The van der Waals surface area contributed by atoms with Crippen molar-refractivity contribution in [2.24, 2.45) is 5.92 Å². The fourth-order valence-electron chi connectivity index (χ4n) is 1.10. The summed E-state index contributed by atoms with van der Waals surface area (Å²) in [5, 5.41) is 4.72. The zero-order valence-electron chi connectivity index (χ0n) is 6.68. The van der Waals surface area contributed by atoms with E-state index in [1.165, 1.54) is 0 Å². The molecule has 2 N–H and O–H groups in total. The summed E-state index contributed by atoms with van der Waals surface area (Å²) in [6.07, 6.45) is 0.706. The van der Waals surface area contributed by atoms with E-state index in [1.54, 1.807) is 0 Å². The van der Waals surface area contributed by atoms with Gasteiger partial charge in [-0.15, -0.1) is 0 Å². The highest BCUT2D eigenvalue weighted by molar-refractivity contribution is 6.04. The second-order valence-corrected chi connectivity index (χ2v) is 3.14. The van der Waals surface area contributed by atoms with Crippen LogP contribution in [0.2, 0.25) is 0 Å². The number of carbonyl (C=O) groups is 2. The van der Waals surface area contributed by atoms with Crippen LogP contribution >= 0.6 is 0 Å². The summed E-state index contributed by atoms with van der Waals surface area (Å²) in [6.45, 7) is 4.02. The molecule has 0 spiro atoms. The molecule has 62 valence electrons. The minimum atomic E-state index is -0.374. The van der Waals surface area contributed by atoms with Crippen LogP contribution in [-0.4, -0.2) is 18.0 Å². The first-order valence-corrected chi connectivity index (χ1v) is 3.71. The lowest BCUT2D eigenvalue weighted by Gasteiger charge is -2.08. The van der Waals surface area contributed by atoms with E-state index >= 15 is 0 Å². The van der Waals surface area contributed by atoms with Crippen LogP contribution in [-0.2, 0) is 4.79 Å². The van der Waals surface area contributed by atoms with Gasteiger partial charge in [-0.2, -0.15) is 0 Å². The molecule has 3 amide bonds. The lowest BCUT2D eigenvalue weighted by Crippen LogP contribution is -2.30. The van der Waals surface area contributed by atoms with Crippen molar-refractivity contribution >= 4 is 11.9 Å². The van der Waals surface area contributed by atoms with Crippen LogP contribution < -0.4 is 10.6 Å². The van der Waals surface area contributed by atoms with Gasteiger partial charge in [-0.25, -0.2) is 4.79 Å². The van der Waals surface area contributed by atoms with Gasteiger partial charge in [0.05, 0.1) is 0 Å². The van der Waals surface area contributed by atoms with E-state index in [-0.39, 0.29) is 18.0 Å². The van der Waals surface area contributed by atoms with Crippen molar-refractivity contribution in [3.8, 4) is 0 Å². The van der Waals surface area contributed by atoms with Crippen molar-refractivity contribution in [3.63, 3.8) is 0 Å². The van der Waals surface area contributed by atoms with E-state index in [0.29, 0.717) is 12.3 Å². The number of imide groups is 1. The molecule has 1 aliphatic heterocycles. The third-order valence-electron chi connectivity index (χ3n) is 1.57. The molecule has 1 rings (SSSR count). The molecule has 1 fully saturated rings. The van der Waals surface area contributed by atoms with E-state index in [0.717, 1.165) is 0 Å². The highest BCUT2D eigenvalue weighted by Gasteiger charge is 2.29. The normalized spacial score (nSPS) is 23.7.